The Labute approximate surface area is 179 Å². The van der Waals surface area contributed by atoms with Crippen molar-refractivity contribution in [1.29, 1.82) is 0 Å². The lowest BCUT2D eigenvalue weighted by atomic mass is 9.95. The van der Waals surface area contributed by atoms with Crippen LogP contribution >= 0.6 is 0 Å². The summed E-state index contributed by atoms with van der Waals surface area (Å²) < 4.78 is 54.3. The van der Waals surface area contributed by atoms with Crippen LogP contribution in [0.5, 0.6) is 0 Å². The number of aryl methyl sites for hydroxylation is 1. The topological polar surface area (TPSA) is 18.5 Å². The molecule has 5 heteroatoms. The molecular formula is C26H23F3O2. The molecule has 1 aliphatic rings. The molecule has 0 spiro atoms. The number of allylic oxidation sites excluding steroid dienone is 1. The zero-order valence-electron chi connectivity index (χ0n) is 17.4. The van der Waals surface area contributed by atoms with Crippen molar-refractivity contribution in [2.24, 2.45) is 0 Å². The van der Waals surface area contributed by atoms with Crippen molar-refractivity contribution in [3.63, 3.8) is 0 Å². The minimum absolute atomic E-state index is 0.0353. The number of ether oxygens (including phenoxy) is 2. The maximum atomic E-state index is 14.9. The second-order valence-electron chi connectivity index (χ2n) is 7.63. The van der Waals surface area contributed by atoms with Gasteiger partial charge in [-0.3, -0.25) is 0 Å². The normalized spacial score (nSPS) is 19.1. The van der Waals surface area contributed by atoms with Crippen LogP contribution in [0.15, 0.2) is 66.7 Å². The molecule has 0 aliphatic carbocycles. The lowest BCUT2D eigenvalue weighted by Crippen LogP contribution is -2.29. The lowest BCUT2D eigenvalue weighted by molar-refractivity contribution is -0.159. The maximum absolute atomic E-state index is 14.9. The molecule has 1 heterocycles. The van der Waals surface area contributed by atoms with Crippen LogP contribution in [0, 0.1) is 24.4 Å². The number of rotatable bonds is 4. The molecule has 3 aromatic carbocycles. The van der Waals surface area contributed by atoms with Crippen molar-refractivity contribution < 1.29 is 22.6 Å². The van der Waals surface area contributed by atoms with E-state index in [1.165, 1.54) is 13.0 Å². The summed E-state index contributed by atoms with van der Waals surface area (Å²) in [5.41, 5.74) is 2.88. The Morgan fingerprint density at radius 2 is 1.42 bits per heavy atom. The average molecular weight is 424 g/mol. The molecule has 0 saturated carbocycles. The van der Waals surface area contributed by atoms with Crippen molar-refractivity contribution in [3.05, 3.63) is 95.3 Å². The minimum atomic E-state index is -0.878. The summed E-state index contributed by atoms with van der Waals surface area (Å²) in [6.45, 7) is 4.33. The summed E-state index contributed by atoms with van der Waals surface area (Å²) >= 11 is 0. The second-order valence-corrected chi connectivity index (χ2v) is 7.63. The third-order valence-corrected chi connectivity index (χ3v) is 5.52. The van der Waals surface area contributed by atoms with Gasteiger partial charge < -0.3 is 9.47 Å². The molecule has 1 aliphatic heterocycles. The first-order valence-electron chi connectivity index (χ1n) is 10.2. The Hall–Kier alpha value is -2.89. The van der Waals surface area contributed by atoms with Gasteiger partial charge in [0.25, 0.3) is 0 Å². The SMILES string of the molecule is CC=CC1OCC(c2ccc(-c3ccc(-c4ccc(C)c(F)c4F)cc3)c(F)c2)CO1. The molecule has 0 bridgehead atoms. The largest absolute Gasteiger partial charge is 0.348 e. The van der Waals surface area contributed by atoms with E-state index in [0.29, 0.717) is 29.9 Å². The van der Waals surface area contributed by atoms with E-state index >= 15 is 0 Å². The predicted molar refractivity (Wildman–Crippen MR) is 115 cm³/mol. The van der Waals surface area contributed by atoms with Crippen LogP contribution in [0.2, 0.25) is 0 Å². The van der Waals surface area contributed by atoms with Gasteiger partial charge in [-0.05, 0) is 48.2 Å². The smallest absolute Gasteiger partial charge is 0.176 e. The van der Waals surface area contributed by atoms with Gasteiger partial charge in [0.1, 0.15) is 5.82 Å². The maximum Gasteiger partial charge on any atom is 0.176 e. The molecule has 1 saturated heterocycles. The Balaban J connectivity index is 1.53. The van der Waals surface area contributed by atoms with E-state index in [4.69, 9.17) is 9.47 Å². The highest BCUT2D eigenvalue weighted by Crippen LogP contribution is 2.31. The Kier molecular flexibility index (Phi) is 6.25. The molecule has 4 rings (SSSR count). The fraction of sp³-hybridized carbons (Fsp3) is 0.231. The van der Waals surface area contributed by atoms with Crippen molar-refractivity contribution in [2.45, 2.75) is 26.1 Å². The van der Waals surface area contributed by atoms with Crippen LogP contribution in [-0.4, -0.2) is 19.5 Å². The van der Waals surface area contributed by atoms with E-state index in [-0.39, 0.29) is 29.2 Å². The molecule has 160 valence electrons. The van der Waals surface area contributed by atoms with E-state index in [1.54, 1.807) is 42.5 Å². The first kappa shape index (κ1) is 21.3. The monoisotopic (exact) mass is 424 g/mol. The fourth-order valence-electron chi connectivity index (χ4n) is 3.70. The first-order chi connectivity index (χ1) is 15.0. The van der Waals surface area contributed by atoms with E-state index in [0.717, 1.165) is 5.56 Å². The quantitative estimate of drug-likeness (QED) is 0.430. The van der Waals surface area contributed by atoms with Crippen molar-refractivity contribution >= 4 is 0 Å². The Morgan fingerprint density at radius 1 is 0.806 bits per heavy atom. The summed E-state index contributed by atoms with van der Waals surface area (Å²) in [6, 6.07) is 14.9. The van der Waals surface area contributed by atoms with E-state index in [2.05, 4.69) is 0 Å². The van der Waals surface area contributed by atoms with Gasteiger partial charge in [0.15, 0.2) is 17.9 Å². The molecule has 0 radical (unpaired) electrons. The Bertz CT molecular complexity index is 1100. The molecule has 1 fully saturated rings. The highest BCUT2D eigenvalue weighted by molar-refractivity contribution is 5.71. The number of hydrogen-bond acceptors (Lipinski definition) is 2. The van der Waals surface area contributed by atoms with Gasteiger partial charge in [-0.1, -0.05) is 54.6 Å². The average Bonchev–Trinajstić information content (AvgIpc) is 2.79. The van der Waals surface area contributed by atoms with Gasteiger partial charge in [0.05, 0.1) is 13.2 Å². The van der Waals surface area contributed by atoms with Crippen LogP contribution in [-0.2, 0) is 9.47 Å². The second kappa shape index (κ2) is 9.08. The molecule has 0 aromatic heterocycles. The molecule has 0 amide bonds. The van der Waals surface area contributed by atoms with Crippen molar-refractivity contribution in [2.75, 3.05) is 13.2 Å². The molecule has 0 atom stereocenters. The van der Waals surface area contributed by atoms with Gasteiger partial charge in [-0.2, -0.15) is 0 Å². The summed E-state index contributed by atoms with van der Waals surface area (Å²) in [5, 5.41) is 0. The minimum Gasteiger partial charge on any atom is -0.348 e. The summed E-state index contributed by atoms with van der Waals surface area (Å²) in [5.74, 6) is -2.12. The van der Waals surface area contributed by atoms with Crippen LogP contribution in [0.3, 0.4) is 0 Å². The number of benzene rings is 3. The highest BCUT2D eigenvalue weighted by Gasteiger charge is 2.23. The van der Waals surface area contributed by atoms with Gasteiger partial charge >= 0.3 is 0 Å². The summed E-state index contributed by atoms with van der Waals surface area (Å²) in [4.78, 5) is 0. The Morgan fingerprint density at radius 3 is 2.03 bits per heavy atom. The zero-order valence-corrected chi connectivity index (χ0v) is 17.4. The molecular weight excluding hydrogens is 401 g/mol. The molecule has 0 N–H and O–H groups in total. The van der Waals surface area contributed by atoms with Gasteiger partial charge in [0, 0.05) is 17.0 Å². The van der Waals surface area contributed by atoms with Gasteiger partial charge in [-0.25, -0.2) is 13.2 Å². The van der Waals surface area contributed by atoms with Gasteiger partial charge in [-0.15, -0.1) is 0 Å². The fourth-order valence-corrected chi connectivity index (χ4v) is 3.70. The first-order valence-corrected chi connectivity index (χ1v) is 10.2. The molecule has 0 unspecified atom stereocenters. The zero-order chi connectivity index (χ0) is 22.0. The van der Waals surface area contributed by atoms with E-state index in [1.807, 2.05) is 25.1 Å². The van der Waals surface area contributed by atoms with Crippen LogP contribution < -0.4 is 0 Å². The molecule has 2 nitrogen and oxygen atoms in total. The third kappa shape index (κ3) is 4.43. The number of halogens is 3. The van der Waals surface area contributed by atoms with Crippen molar-refractivity contribution in [1.82, 2.24) is 0 Å². The van der Waals surface area contributed by atoms with Crippen molar-refractivity contribution in [3.8, 4) is 22.3 Å². The molecule has 3 aromatic rings. The highest BCUT2D eigenvalue weighted by atomic mass is 19.2. The van der Waals surface area contributed by atoms with E-state index in [9.17, 15) is 13.2 Å². The molecule has 31 heavy (non-hydrogen) atoms. The summed E-state index contributed by atoms with van der Waals surface area (Å²) in [7, 11) is 0. The summed E-state index contributed by atoms with van der Waals surface area (Å²) in [6.07, 6.45) is 3.35. The van der Waals surface area contributed by atoms with Crippen LogP contribution in [0.25, 0.3) is 22.3 Å². The van der Waals surface area contributed by atoms with Gasteiger partial charge in [0.2, 0.25) is 0 Å². The standard InChI is InChI=1S/C26H23F3O2/c1-3-4-24-30-14-20(15-31-24)19-10-12-21(23(27)13-19)17-6-8-18(9-7-17)22-11-5-16(2)25(28)26(22)29/h3-13,20,24H,14-15H2,1-2H3. The van der Waals surface area contributed by atoms with E-state index < -0.39 is 11.6 Å². The van der Waals surface area contributed by atoms with Crippen LogP contribution in [0.1, 0.15) is 24.0 Å². The lowest BCUT2D eigenvalue weighted by Gasteiger charge is -2.28. The predicted octanol–water partition coefficient (Wildman–Crippen LogP) is 6.78. The number of hydrogen-bond donors (Lipinski definition) is 0. The third-order valence-electron chi connectivity index (χ3n) is 5.52. The van der Waals surface area contributed by atoms with Crippen LogP contribution in [0.4, 0.5) is 13.2 Å².